The Balaban J connectivity index is 2.29. The fourth-order valence-electron chi connectivity index (χ4n) is 2.33. The van der Waals surface area contributed by atoms with Crippen LogP contribution in [0.5, 0.6) is 0 Å². The van der Waals surface area contributed by atoms with Crippen molar-refractivity contribution in [2.45, 2.75) is 45.6 Å². The van der Waals surface area contributed by atoms with E-state index < -0.39 is 0 Å². The number of carbonyl (C=O) groups is 1. The van der Waals surface area contributed by atoms with Crippen LogP contribution in [0.2, 0.25) is 0 Å². The zero-order valence-electron chi connectivity index (χ0n) is 10.8. The first-order valence-corrected chi connectivity index (χ1v) is 6.37. The minimum atomic E-state index is -0.374. The molecule has 2 heterocycles. The predicted molar refractivity (Wildman–Crippen MR) is 66.5 cm³/mol. The Morgan fingerprint density at radius 1 is 1.61 bits per heavy atom. The van der Waals surface area contributed by atoms with E-state index in [4.69, 9.17) is 4.74 Å². The standard InChI is InChI=1S/C13H18N2O3/c1-3-18-11(16)7-10-8-14-12-9(2)5-4-6-15(12)13(10)17/h8-9H,3-7H2,1-2H3. The van der Waals surface area contributed by atoms with Crippen molar-refractivity contribution in [1.82, 2.24) is 9.55 Å². The second kappa shape index (κ2) is 5.33. The van der Waals surface area contributed by atoms with Crippen LogP contribution in [-0.2, 0) is 22.5 Å². The highest BCUT2D eigenvalue weighted by Gasteiger charge is 2.20. The molecule has 1 aliphatic heterocycles. The van der Waals surface area contributed by atoms with E-state index in [9.17, 15) is 9.59 Å². The molecule has 5 heteroatoms. The number of hydrogen-bond donors (Lipinski definition) is 0. The van der Waals surface area contributed by atoms with Crippen LogP contribution >= 0.6 is 0 Å². The molecule has 0 N–H and O–H groups in total. The minimum Gasteiger partial charge on any atom is -0.466 e. The van der Waals surface area contributed by atoms with Gasteiger partial charge in [-0.05, 0) is 19.8 Å². The van der Waals surface area contributed by atoms with Gasteiger partial charge >= 0.3 is 5.97 Å². The van der Waals surface area contributed by atoms with E-state index in [-0.39, 0.29) is 17.9 Å². The lowest BCUT2D eigenvalue weighted by atomic mass is 10.0. The van der Waals surface area contributed by atoms with Crippen LogP contribution in [0.15, 0.2) is 11.0 Å². The van der Waals surface area contributed by atoms with E-state index >= 15 is 0 Å². The lowest BCUT2D eigenvalue weighted by Gasteiger charge is -2.23. The lowest BCUT2D eigenvalue weighted by Crippen LogP contribution is -2.32. The zero-order chi connectivity index (χ0) is 13.1. The van der Waals surface area contributed by atoms with Crippen LogP contribution < -0.4 is 5.56 Å². The molecule has 0 fully saturated rings. The quantitative estimate of drug-likeness (QED) is 0.757. The Kier molecular flexibility index (Phi) is 3.79. The van der Waals surface area contributed by atoms with Crippen molar-refractivity contribution in [3.8, 4) is 0 Å². The van der Waals surface area contributed by atoms with Gasteiger partial charge in [0.1, 0.15) is 5.82 Å². The number of hydrogen-bond acceptors (Lipinski definition) is 4. The highest BCUT2D eigenvalue weighted by molar-refractivity contribution is 5.72. The molecule has 1 atom stereocenters. The van der Waals surface area contributed by atoms with Gasteiger partial charge in [0.05, 0.1) is 13.0 Å². The molecule has 1 aromatic rings. The van der Waals surface area contributed by atoms with Crippen LogP contribution in [-0.4, -0.2) is 22.1 Å². The molecule has 1 aliphatic rings. The lowest BCUT2D eigenvalue weighted by molar-refractivity contribution is -0.142. The van der Waals surface area contributed by atoms with Crippen molar-refractivity contribution in [2.24, 2.45) is 0 Å². The molecule has 2 rings (SSSR count). The summed E-state index contributed by atoms with van der Waals surface area (Å²) in [6.07, 6.45) is 3.57. The average Bonchev–Trinajstić information content (AvgIpc) is 2.34. The molecule has 18 heavy (non-hydrogen) atoms. The van der Waals surface area contributed by atoms with E-state index in [1.54, 1.807) is 11.5 Å². The van der Waals surface area contributed by atoms with Gasteiger partial charge in [0, 0.05) is 24.2 Å². The van der Waals surface area contributed by atoms with E-state index in [1.165, 1.54) is 6.20 Å². The third kappa shape index (κ3) is 2.44. The number of aromatic nitrogens is 2. The average molecular weight is 250 g/mol. The first kappa shape index (κ1) is 12.8. The normalized spacial score (nSPS) is 18.2. The predicted octanol–water partition coefficient (Wildman–Crippen LogP) is 1.25. The molecule has 1 unspecified atom stereocenters. The summed E-state index contributed by atoms with van der Waals surface area (Å²) in [4.78, 5) is 27.9. The molecular formula is C13H18N2O3. The SMILES string of the molecule is CCOC(=O)Cc1cnc2n(c1=O)CCCC2C. The van der Waals surface area contributed by atoms with E-state index in [2.05, 4.69) is 11.9 Å². The van der Waals surface area contributed by atoms with Crippen molar-refractivity contribution in [3.05, 3.63) is 27.9 Å². The van der Waals surface area contributed by atoms with Gasteiger partial charge in [-0.1, -0.05) is 6.92 Å². The summed E-state index contributed by atoms with van der Waals surface area (Å²) in [6.45, 7) is 4.84. The number of carbonyl (C=O) groups excluding carboxylic acids is 1. The molecule has 0 aliphatic carbocycles. The highest BCUT2D eigenvalue weighted by atomic mass is 16.5. The Hall–Kier alpha value is -1.65. The minimum absolute atomic E-state index is 0.00827. The molecule has 0 bridgehead atoms. The zero-order valence-corrected chi connectivity index (χ0v) is 10.8. The summed E-state index contributed by atoms with van der Waals surface area (Å²) in [5.41, 5.74) is 0.325. The summed E-state index contributed by atoms with van der Waals surface area (Å²) >= 11 is 0. The van der Waals surface area contributed by atoms with Gasteiger partial charge in [0.2, 0.25) is 0 Å². The maximum atomic E-state index is 12.2. The van der Waals surface area contributed by atoms with Gasteiger partial charge < -0.3 is 4.74 Å². The first-order chi connectivity index (χ1) is 8.63. The number of nitrogens with zero attached hydrogens (tertiary/aromatic N) is 2. The fraction of sp³-hybridized carbons (Fsp3) is 0.615. The van der Waals surface area contributed by atoms with Crippen molar-refractivity contribution < 1.29 is 9.53 Å². The Bertz CT molecular complexity index is 507. The number of rotatable bonds is 3. The molecule has 0 saturated heterocycles. The third-order valence-electron chi connectivity index (χ3n) is 3.25. The summed E-state index contributed by atoms with van der Waals surface area (Å²) in [5.74, 6) is 0.766. The summed E-state index contributed by atoms with van der Waals surface area (Å²) in [6, 6.07) is 0. The number of esters is 1. The molecule has 98 valence electrons. The van der Waals surface area contributed by atoms with Crippen molar-refractivity contribution in [1.29, 1.82) is 0 Å². The van der Waals surface area contributed by atoms with Crippen molar-refractivity contribution >= 4 is 5.97 Å². The molecule has 1 aromatic heterocycles. The molecular weight excluding hydrogens is 232 g/mol. The van der Waals surface area contributed by atoms with Gasteiger partial charge in [-0.2, -0.15) is 0 Å². The summed E-state index contributed by atoms with van der Waals surface area (Å²) in [5, 5.41) is 0. The Labute approximate surface area is 106 Å². The number of ether oxygens (including phenoxy) is 1. The molecule has 5 nitrogen and oxygen atoms in total. The van der Waals surface area contributed by atoms with Crippen molar-refractivity contribution in [2.75, 3.05) is 6.61 Å². The van der Waals surface area contributed by atoms with Crippen LogP contribution in [0.25, 0.3) is 0 Å². The summed E-state index contributed by atoms with van der Waals surface area (Å²) < 4.78 is 6.55. The maximum absolute atomic E-state index is 12.2. The van der Waals surface area contributed by atoms with Crippen LogP contribution in [0.3, 0.4) is 0 Å². The van der Waals surface area contributed by atoms with Gasteiger partial charge in [0.15, 0.2) is 0 Å². The van der Waals surface area contributed by atoms with Crippen molar-refractivity contribution in [3.63, 3.8) is 0 Å². The first-order valence-electron chi connectivity index (χ1n) is 6.37. The van der Waals surface area contributed by atoms with Gasteiger partial charge in [-0.3, -0.25) is 14.2 Å². The topological polar surface area (TPSA) is 61.2 Å². The molecule has 0 aromatic carbocycles. The van der Waals surface area contributed by atoms with Gasteiger partial charge in [-0.15, -0.1) is 0 Å². The Morgan fingerprint density at radius 3 is 3.11 bits per heavy atom. The maximum Gasteiger partial charge on any atom is 0.310 e. The van der Waals surface area contributed by atoms with E-state index in [0.717, 1.165) is 18.7 Å². The number of fused-ring (bicyclic) bond motifs is 1. The van der Waals surface area contributed by atoms with E-state index in [0.29, 0.717) is 24.6 Å². The smallest absolute Gasteiger partial charge is 0.310 e. The molecule has 0 radical (unpaired) electrons. The molecule has 0 amide bonds. The second-order valence-corrected chi connectivity index (χ2v) is 4.62. The fourth-order valence-corrected chi connectivity index (χ4v) is 2.33. The van der Waals surface area contributed by atoms with Crippen LogP contribution in [0, 0.1) is 0 Å². The monoisotopic (exact) mass is 250 g/mol. The van der Waals surface area contributed by atoms with Crippen LogP contribution in [0.1, 0.15) is 44.0 Å². The molecule has 0 spiro atoms. The van der Waals surface area contributed by atoms with Gasteiger partial charge in [0.25, 0.3) is 5.56 Å². The Morgan fingerprint density at radius 2 is 2.39 bits per heavy atom. The summed E-state index contributed by atoms with van der Waals surface area (Å²) in [7, 11) is 0. The highest BCUT2D eigenvalue weighted by Crippen LogP contribution is 2.22. The van der Waals surface area contributed by atoms with Crippen LogP contribution in [0.4, 0.5) is 0 Å². The molecule has 0 saturated carbocycles. The largest absolute Gasteiger partial charge is 0.466 e. The third-order valence-corrected chi connectivity index (χ3v) is 3.25. The second-order valence-electron chi connectivity index (χ2n) is 4.62. The van der Waals surface area contributed by atoms with Gasteiger partial charge in [-0.25, -0.2) is 4.98 Å². The van der Waals surface area contributed by atoms with E-state index in [1.807, 2.05) is 0 Å².